The Morgan fingerprint density at radius 3 is 1.14 bits per heavy atom. The summed E-state index contributed by atoms with van der Waals surface area (Å²) in [6, 6.07) is 0. The molecule has 9 fully saturated rings. The van der Waals surface area contributed by atoms with Crippen LogP contribution in [0.2, 0.25) is 0 Å². The van der Waals surface area contributed by atoms with Crippen molar-refractivity contribution in [3.63, 3.8) is 0 Å². The Morgan fingerprint density at radius 2 is 0.821 bits per heavy atom. The number of nitrogens with zero attached hydrogens (tertiary/aromatic N) is 2. The second kappa shape index (κ2) is 6.18. The molecule has 0 aromatic heterocycles. The molecule has 1 heterocycles. The van der Waals surface area contributed by atoms with E-state index in [9.17, 15) is 0 Å². The third-order valence-corrected chi connectivity index (χ3v) is 9.74. The van der Waals surface area contributed by atoms with Crippen molar-refractivity contribution in [3.05, 3.63) is 0 Å². The smallest absolute Gasteiger partial charge is 0.1000 e. The van der Waals surface area contributed by atoms with E-state index >= 15 is 0 Å². The molecule has 1 aliphatic heterocycles. The van der Waals surface area contributed by atoms with Crippen LogP contribution in [0.4, 0.5) is 0 Å². The summed E-state index contributed by atoms with van der Waals surface area (Å²) in [5, 5.41) is 4.61. The molecule has 28 heavy (non-hydrogen) atoms. The molecule has 156 valence electrons. The van der Waals surface area contributed by atoms with E-state index in [-0.39, 0.29) is 11.2 Å². The summed E-state index contributed by atoms with van der Waals surface area (Å²) in [5.41, 5.74) is 0.358. The average molecular weight is 387 g/mol. The molecule has 8 aliphatic carbocycles. The van der Waals surface area contributed by atoms with Crippen LogP contribution in [0.15, 0.2) is 0 Å². The molecule has 0 unspecified atom stereocenters. The van der Waals surface area contributed by atoms with Gasteiger partial charge in [-0.2, -0.15) is 10.1 Å². The Hall–Kier alpha value is -0.160. The van der Waals surface area contributed by atoms with Crippen molar-refractivity contribution in [1.82, 2.24) is 10.1 Å². The van der Waals surface area contributed by atoms with Gasteiger partial charge in [0.1, 0.15) is 0 Å². The first-order valence-corrected chi connectivity index (χ1v) is 12.5. The molecule has 8 saturated carbocycles. The molecule has 0 radical (unpaired) electrons. The predicted octanol–water partition coefficient (Wildman–Crippen LogP) is 4.75. The Balaban J connectivity index is 1.03. The van der Waals surface area contributed by atoms with E-state index in [1.165, 1.54) is 83.5 Å². The summed E-state index contributed by atoms with van der Waals surface area (Å²) in [6.07, 6.45) is 18.1. The molecule has 0 N–H and O–H groups in total. The third kappa shape index (κ3) is 2.92. The van der Waals surface area contributed by atoms with Gasteiger partial charge in [-0.1, -0.05) is 0 Å². The van der Waals surface area contributed by atoms with Gasteiger partial charge in [0.05, 0.1) is 17.9 Å². The summed E-state index contributed by atoms with van der Waals surface area (Å²) in [7, 11) is 0. The van der Waals surface area contributed by atoms with E-state index in [0.29, 0.717) is 0 Å². The second-order valence-electron chi connectivity index (χ2n) is 12.3. The van der Waals surface area contributed by atoms with Crippen LogP contribution in [0.5, 0.6) is 0 Å². The quantitative estimate of drug-likeness (QED) is 0.696. The molecule has 0 spiro atoms. The molecule has 1 saturated heterocycles. The van der Waals surface area contributed by atoms with Gasteiger partial charge < -0.3 is 0 Å². The Morgan fingerprint density at radius 1 is 0.500 bits per heavy atom. The molecule has 0 amide bonds. The van der Waals surface area contributed by atoms with Gasteiger partial charge in [-0.25, -0.2) is 0 Å². The lowest BCUT2D eigenvalue weighted by Gasteiger charge is -2.58. The number of hydrogen-bond donors (Lipinski definition) is 0. The predicted molar refractivity (Wildman–Crippen MR) is 107 cm³/mol. The molecule has 0 atom stereocenters. The third-order valence-electron chi connectivity index (χ3n) is 9.74. The van der Waals surface area contributed by atoms with Gasteiger partial charge in [-0.3, -0.25) is 9.68 Å². The SMILES string of the molecule is C1CN(OC23CC4CC(CC(C4)C2)C3)CN(OC23CC4CC(CC(C4)C2)C3)C1. The first-order chi connectivity index (χ1) is 13.6. The highest BCUT2D eigenvalue weighted by Crippen LogP contribution is 2.58. The van der Waals surface area contributed by atoms with Gasteiger partial charge in [0.25, 0.3) is 0 Å². The zero-order valence-corrected chi connectivity index (χ0v) is 17.5. The van der Waals surface area contributed by atoms with E-state index in [1.54, 1.807) is 0 Å². The molecule has 8 bridgehead atoms. The average Bonchev–Trinajstić information content (AvgIpc) is 2.58. The highest BCUT2D eigenvalue weighted by atomic mass is 16.7. The number of hydroxylamine groups is 4. The maximum Gasteiger partial charge on any atom is 0.1000 e. The van der Waals surface area contributed by atoms with Gasteiger partial charge >= 0.3 is 0 Å². The lowest BCUT2D eigenvalue weighted by atomic mass is 9.54. The molecular formula is C24H38N2O2. The molecule has 0 aromatic carbocycles. The molecule has 0 aromatic rings. The summed E-state index contributed by atoms with van der Waals surface area (Å²) in [6.45, 7) is 3.04. The van der Waals surface area contributed by atoms with Crippen molar-refractivity contribution < 1.29 is 9.68 Å². The first-order valence-electron chi connectivity index (χ1n) is 12.5. The first kappa shape index (κ1) is 17.5. The van der Waals surface area contributed by atoms with E-state index in [1.807, 2.05) is 0 Å². The van der Waals surface area contributed by atoms with E-state index < -0.39 is 0 Å². The fourth-order valence-electron chi connectivity index (χ4n) is 9.72. The summed E-state index contributed by atoms with van der Waals surface area (Å²) >= 11 is 0. The molecule has 9 aliphatic rings. The summed E-state index contributed by atoms with van der Waals surface area (Å²) in [4.78, 5) is 13.7. The largest absolute Gasteiger partial charge is 0.291 e. The van der Waals surface area contributed by atoms with Gasteiger partial charge in [-0.05, 0) is 119 Å². The van der Waals surface area contributed by atoms with Gasteiger partial charge in [0, 0.05) is 13.1 Å². The number of rotatable bonds is 4. The van der Waals surface area contributed by atoms with Crippen molar-refractivity contribution >= 4 is 0 Å². The minimum Gasteiger partial charge on any atom is -0.291 e. The molecule has 9 rings (SSSR count). The van der Waals surface area contributed by atoms with Crippen LogP contribution in [0.3, 0.4) is 0 Å². The zero-order chi connectivity index (χ0) is 18.3. The maximum absolute atomic E-state index is 6.85. The fourth-order valence-corrected chi connectivity index (χ4v) is 9.72. The van der Waals surface area contributed by atoms with Crippen LogP contribution in [0, 0.1) is 35.5 Å². The minimum absolute atomic E-state index is 0.179. The fraction of sp³-hybridized carbons (Fsp3) is 1.00. The standard InChI is InChI=1S/C24H38N2O2/c1-2-25(27-23-10-17-4-18(11-23)6-19(5-17)12-23)16-26(3-1)28-24-13-20-7-21(14-24)9-22(8-20)15-24/h17-22H,1-16H2. The highest BCUT2D eigenvalue weighted by molar-refractivity contribution is 5.04. The topological polar surface area (TPSA) is 24.9 Å². The second-order valence-corrected chi connectivity index (χ2v) is 12.3. The van der Waals surface area contributed by atoms with Crippen LogP contribution >= 0.6 is 0 Å². The lowest BCUT2D eigenvalue weighted by Crippen LogP contribution is -2.59. The van der Waals surface area contributed by atoms with E-state index in [0.717, 1.165) is 55.3 Å². The van der Waals surface area contributed by atoms with Crippen molar-refractivity contribution in [2.45, 2.75) is 94.7 Å². The molecule has 4 heteroatoms. The normalized spacial score (nSPS) is 55.3. The van der Waals surface area contributed by atoms with Crippen molar-refractivity contribution in [2.24, 2.45) is 35.5 Å². The summed E-state index contributed by atoms with van der Waals surface area (Å²) in [5.74, 6) is 5.72. The lowest BCUT2D eigenvalue weighted by molar-refractivity contribution is -0.366. The highest BCUT2D eigenvalue weighted by Gasteiger charge is 2.54. The molecular weight excluding hydrogens is 348 g/mol. The van der Waals surface area contributed by atoms with Crippen LogP contribution in [0.1, 0.15) is 83.5 Å². The van der Waals surface area contributed by atoms with E-state index in [4.69, 9.17) is 9.68 Å². The Labute approximate surface area is 170 Å². The Kier molecular flexibility index (Phi) is 3.87. The van der Waals surface area contributed by atoms with E-state index in [2.05, 4.69) is 10.1 Å². The van der Waals surface area contributed by atoms with Crippen LogP contribution < -0.4 is 0 Å². The monoisotopic (exact) mass is 386 g/mol. The van der Waals surface area contributed by atoms with Crippen molar-refractivity contribution in [3.8, 4) is 0 Å². The number of hydrogen-bond acceptors (Lipinski definition) is 4. The summed E-state index contributed by atoms with van der Waals surface area (Å²) < 4.78 is 0. The van der Waals surface area contributed by atoms with Crippen molar-refractivity contribution in [2.75, 3.05) is 19.8 Å². The van der Waals surface area contributed by atoms with Gasteiger partial charge in [0.2, 0.25) is 0 Å². The van der Waals surface area contributed by atoms with Gasteiger partial charge in [-0.15, -0.1) is 0 Å². The van der Waals surface area contributed by atoms with Crippen LogP contribution in [-0.4, -0.2) is 41.1 Å². The minimum atomic E-state index is 0.179. The van der Waals surface area contributed by atoms with Crippen molar-refractivity contribution in [1.29, 1.82) is 0 Å². The van der Waals surface area contributed by atoms with Crippen LogP contribution in [-0.2, 0) is 9.68 Å². The van der Waals surface area contributed by atoms with Gasteiger partial charge in [0.15, 0.2) is 0 Å². The Bertz CT molecular complexity index is 512. The maximum atomic E-state index is 6.85. The molecule has 4 nitrogen and oxygen atoms in total. The van der Waals surface area contributed by atoms with Crippen LogP contribution in [0.25, 0.3) is 0 Å². The zero-order valence-electron chi connectivity index (χ0n) is 17.5.